The van der Waals surface area contributed by atoms with Crippen LogP contribution in [0.5, 0.6) is 0 Å². The molecule has 0 bridgehead atoms. The van der Waals surface area contributed by atoms with Crippen LogP contribution in [-0.4, -0.2) is 33.9 Å². The number of benzene rings is 1. The van der Waals surface area contributed by atoms with Gasteiger partial charge < -0.3 is 21.3 Å². The molecule has 0 atom stereocenters. The molecule has 0 unspecified atom stereocenters. The number of aliphatic hydroxyl groups is 2. The summed E-state index contributed by atoms with van der Waals surface area (Å²) in [6.07, 6.45) is 0.409. The van der Waals surface area contributed by atoms with Crippen molar-refractivity contribution in [3.63, 3.8) is 0 Å². The molecule has 0 aliphatic heterocycles. The van der Waals surface area contributed by atoms with Crippen molar-refractivity contribution in [2.24, 2.45) is 0 Å². The largest absolute Gasteiger partial charge is 0.394 e. The number of nitrogens with two attached hydrogens (primary N) is 1. The predicted molar refractivity (Wildman–Crippen MR) is 68.3 cm³/mol. The van der Waals surface area contributed by atoms with E-state index in [1.54, 1.807) is 13.0 Å². The maximum atomic E-state index is 11.0. The van der Waals surface area contributed by atoms with Gasteiger partial charge in [-0.1, -0.05) is 13.0 Å². The van der Waals surface area contributed by atoms with E-state index in [-0.39, 0.29) is 30.3 Å². The Labute approximate surface area is 104 Å². The Kier molecular flexibility index (Phi) is 4.46. The fourth-order valence-corrected chi connectivity index (χ4v) is 1.59. The lowest BCUT2D eigenvalue weighted by Crippen LogP contribution is -2.45. The maximum absolute atomic E-state index is 11.0. The van der Waals surface area contributed by atoms with Crippen LogP contribution in [0.2, 0.25) is 0 Å². The summed E-state index contributed by atoms with van der Waals surface area (Å²) in [4.78, 5) is 10.4. The second-order valence-electron chi connectivity index (χ2n) is 4.08. The summed E-state index contributed by atoms with van der Waals surface area (Å²) in [5.74, 6) is 0. The molecular weight excluding hydrogens is 238 g/mol. The molecule has 7 nitrogen and oxygen atoms in total. The summed E-state index contributed by atoms with van der Waals surface area (Å²) < 4.78 is 0. The third-order valence-electron chi connectivity index (χ3n) is 2.93. The lowest BCUT2D eigenvalue weighted by Gasteiger charge is -2.30. The molecule has 1 aromatic carbocycles. The second-order valence-corrected chi connectivity index (χ2v) is 4.08. The molecular formula is C11H17N3O4. The van der Waals surface area contributed by atoms with Crippen LogP contribution in [0.25, 0.3) is 0 Å². The van der Waals surface area contributed by atoms with Gasteiger partial charge in [-0.2, -0.15) is 0 Å². The van der Waals surface area contributed by atoms with E-state index in [9.17, 15) is 20.3 Å². The summed E-state index contributed by atoms with van der Waals surface area (Å²) in [5.41, 5.74) is 4.52. The summed E-state index contributed by atoms with van der Waals surface area (Å²) in [5, 5.41) is 32.4. The molecule has 0 saturated heterocycles. The van der Waals surface area contributed by atoms with Gasteiger partial charge in [0, 0.05) is 0 Å². The Hall–Kier alpha value is -1.86. The van der Waals surface area contributed by atoms with Crippen LogP contribution in [0.3, 0.4) is 0 Å². The molecule has 0 spiro atoms. The Morgan fingerprint density at radius 1 is 1.44 bits per heavy atom. The molecule has 0 amide bonds. The van der Waals surface area contributed by atoms with Crippen molar-refractivity contribution < 1.29 is 15.1 Å². The van der Waals surface area contributed by atoms with Crippen LogP contribution in [0.1, 0.15) is 13.3 Å². The van der Waals surface area contributed by atoms with E-state index in [2.05, 4.69) is 5.32 Å². The van der Waals surface area contributed by atoms with Gasteiger partial charge in [-0.05, 0) is 18.6 Å². The van der Waals surface area contributed by atoms with Gasteiger partial charge in [0.25, 0.3) is 0 Å². The Morgan fingerprint density at radius 2 is 2.06 bits per heavy atom. The summed E-state index contributed by atoms with van der Waals surface area (Å²) in [6.45, 7) is 1.08. The smallest absolute Gasteiger partial charge is 0.314 e. The van der Waals surface area contributed by atoms with Crippen molar-refractivity contribution in [2.45, 2.75) is 18.9 Å². The lowest BCUT2D eigenvalue weighted by molar-refractivity contribution is -0.383. The molecule has 0 saturated carbocycles. The fourth-order valence-electron chi connectivity index (χ4n) is 1.59. The number of nitrogens with one attached hydrogen (secondary N) is 1. The quantitative estimate of drug-likeness (QED) is 0.337. The summed E-state index contributed by atoms with van der Waals surface area (Å²) >= 11 is 0. The van der Waals surface area contributed by atoms with Gasteiger partial charge in [-0.15, -0.1) is 0 Å². The molecule has 0 radical (unpaired) electrons. The number of nitrogens with zero attached hydrogens (tertiary/aromatic N) is 1. The van der Waals surface area contributed by atoms with Gasteiger partial charge in [0.05, 0.1) is 23.7 Å². The van der Waals surface area contributed by atoms with Crippen LogP contribution in [0, 0.1) is 10.1 Å². The minimum Gasteiger partial charge on any atom is -0.394 e. The van der Waals surface area contributed by atoms with Crippen molar-refractivity contribution in [3.05, 3.63) is 28.3 Å². The number of nitro groups is 1. The average Bonchev–Trinajstić information content (AvgIpc) is 2.35. The zero-order chi connectivity index (χ0) is 13.8. The van der Waals surface area contributed by atoms with Crippen molar-refractivity contribution in [1.82, 2.24) is 0 Å². The highest BCUT2D eigenvalue weighted by molar-refractivity contribution is 5.75. The molecule has 0 fully saturated rings. The Morgan fingerprint density at radius 3 is 2.50 bits per heavy atom. The first-order valence-corrected chi connectivity index (χ1v) is 5.52. The Balaban J connectivity index is 3.18. The molecule has 1 rings (SSSR count). The van der Waals surface area contributed by atoms with E-state index in [1.165, 1.54) is 12.1 Å². The van der Waals surface area contributed by atoms with Crippen LogP contribution in [-0.2, 0) is 0 Å². The molecule has 7 heteroatoms. The number of anilines is 2. The number of hydrogen-bond donors (Lipinski definition) is 4. The topological polar surface area (TPSA) is 122 Å². The minimum absolute atomic E-state index is 0.0332. The first kappa shape index (κ1) is 14.2. The van der Waals surface area contributed by atoms with Crippen LogP contribution >= 0.6 is 0 Å². The lowest BCUT2D eigenvalue weighted by atomic mass is 9.97. The van der Waals surface area contributed by atoms with E-state index >= 15 is 0 Å². The highest BCUT2D eigenvalue weighted by Crippen LogP contribution is 2.32. The zero-order valence-electron chi connectivity index (χ0n) is 10.1. The van der Waals surface area contributed by atoms with E-state index in [4.69, 9.17) is 5.73 Å². The molecule has 1 aromatic rings. The van der Waals surface area contributed by atoms with Crippen LogP contribution < -0.4 is 11.1 Å². The summed E-state index contributed by atoms with van der Waals surface area (Å²) in [7, 11) is 0. The highest BCUT2D eigenvalue weighted by atomic mass is 16.6. The monoisotopic (exact) mass is 255 g/mol. The predicted octanol–water partition coefficient (Wildman–Crippen LogP) is 0.722. The Bertz CT molecular complexity index is 424. The van der Waals surface area contributed by atoms with E-state index in [1.807, 2.05) is 0 Å². The van der Waals surface area contributed by atoms with Crippen molar-refractivity contribution in [3.8, 4) is 0 Å². The molecule has 18 heavy (non-hydrogen) atoms. The molecule has 0 heterocycles. The van der Waals surface area contributed by atoms with Gasteiger partial charge in [-0.3, -0.25) is 10.1 Å². The number of rotatable bonds is 6. The van der Waals surface area contributed by atoms with Gasteiger partial charge in [-0.25, -0.2) is 0 Å². The molecule has 0 aliphatic rings. The normalized spacial score (nSPS) is 11.3. The van der Waals surface area contributed by atoms with Gasteiger partial charge in [0.2, 0.25) is 0 Å². The zero-order valence-corrected chi connectivity index (χ0v) is 10.1. The number of nitro benzene ring substituents is 1. The van der Waals surface area contributed by atoms with Gasteiger partial charge in [0.1, 0.15) is 11.4 Å². The van der Waals surface area contributed by atoms with Crippen LogP contribution in [0.15, 0.2) is 18.2 Å². The van der Waals surface area contributed by atoms with Crippen molar-refractivity contribution in [1.29, 1.82) is 0 Å². The molecule has 5 N–H and O–H groups in total. The van der Waals surface area contributed by atoms with Gasteiger partial charge in [0.15, 0.2) is 0 Å². The fraction of sp³-hybridized carbons (Fsp3) is 0.455. The third kappa shape index (κ3) is 2.69. The number of aliphatic hydroxyl groups excluding tert-OH is 2. The number of para-hydroxylation sites is 1. The molecule has 0 aromatic heterocycles. The third-order valence-corrected chi connectivity index (χ3v) is 2.93. The summed E-state index contributed by atoms with van der Waals surface area (Å²) in [6, 6.07) is 4.49. The van der Waals surface area contributed by atoms with Gasteiger partial charge >= 0.3 is 5.69 Å². The van der Waals surface area contributed by atoms with Crippen LogP contribution in [0.4, 0.5) is 17.1 Å². The number of nitrogen functional groups attached to an aromatic ring is 1. The first-order valence-electron chi connectivity index (χ1n) is 5.52. The maximum Gasteiger partial charge on any atom is 0.314 e. The van der Waals surface area contributed by atoms with Crippen molar-refractivity contribution >= 4 is 17.1 Å². The highest BCUT2D eigenvalue weighted by Gasteiger charge is 2.30. The SMILES string of the molecule is CCC(CO)(CO)Nc1cccc(N)c1[N+](=O)[O-]. The van der Waals surface area contributed by atoms with E-state index in [0.29, 0.717) is 6.42 Å². The van der Waals surface area contributed by atoms with E-state index < -0.39 is 10.5 Å². The average molecular weight is 255 g/mol. The molecule has 100 valence electrons. The second kappa shape index (κ2) is 5.65. The standard InChI is InChI=1S/C11H17N3O4/c1-2-11(6-15,7-16)13-9-5-3-4-8(12)10(9)14(17)18/h3-5,13,15-16H,2,6-7,12H2,1H3. The molecule has 0 aliphatic carbocycles. The van der Waals surface area contributed by atoms with E-state index in [0.717, 1.165) is 0 Å². The minimum atomic E-state index is -1.00. The number of hydrogen-bond acceptors (Lipinski definition) is 6. The first-order chi connectivity index (χ1) is 8.49. The van der Waals surface area contributed by atoms with Crippen molar-refractivity contribution in [2.75, 3.05) is 24.3 Å².